The van der Waals surface area contributed by atoms with E-state index in [-0.39, 0.29) is 0 Å². The monoisotopic (exact) mass is 167 g/mol. The molecule has 1 nitrogen and oxygen atoms in total. The van der Waals surface area contributed by atoms with E-state index in [2.05, 4.69) is 0 Å². The van der Waals surface area contributed by atoms with Crippen LogP contribution in [0.25, 0.3) is 0 Å². The van der Waals surface area contributed by atoms with Gasteiger partial charge < -0.3 is 4.74 Å². The number of ether oxygens (including phenoxy) is 1. The Morgan fingerprint density at radius 1 is 0.917 bits per heavy atom. The molecule has 0 spiro atoms. The topological polar surface area (TPSA) is 9.23 Å². The van der Waals surface area contributed by atoms with Crippen molar-refractivity contribution in [3.8, 4) is 0 Å². The van der Waals surface area contributed by atoms with Gasteiger partial charge in [0.1, 0.15) is 0 Å². The number of hydrogen-bond acceptors (Lipinski definition) is 1. The molecule has 0 aromatic rings. The Hall–Kier alpha value is -0.0400. The van der Waals surface area contributed by atoms with Crippen LogP contribution in [0.15, 0.2) is 0 Å². The van der Waals surface area contributed by atoms with Gasteiger partial charge in [0.15, 0.2) is 0 Å². The summed E-state index contributed by atoms with van der Waals surface area (Å²) in [7, 11) is 0. The molecule has 1 aliphatic carbocycles. The summed E-state index contributed by atoms with van der Waals surface area (Å²) in [6.45, 7) is 1.01. The second-order valence-corrected chi connectivity index (χ2v) is 4.07. The molecule has 0 amide bonds. The van der Waals surface area contributed by atoms with Crippen molar-refractivity contribution in [3.63, 3.8) is 0 Å². The molecule has 0 bridgehead atoms. The average molecular weight is 167 g/mol. The molecule has 2 fully saturated rings. The van der Waals surface area contributed by atoms with E-state index in [1.165, 1.54) is 51.4 Å². The van der Waals surface area contributed by atoms with Crippen LogP contribution in [0.2, 0.25) is 0 Å². The third-order valence-electron chi connectivity index (χ3n) is 3.13. The van der Waals surface area contributed by atoms with Gasteiger partial charge in [-0.15, -0.1) is 0 Å². The van der Waals surface area contributed by atoms with Gasteiger partial charge in [0, 0.05) is 12.5 Å². The molecule has 12 heavy (non-hydrogen) atoms. The first kappa shape index (κ1) is 8.55. The fourth-order valence-corrected chi connectivity index (χ4v) is 2.40. The van der Waals surface area contributed by atoms with Gasteiger partial charge in [-0.1, -0.05) is 25.7 Å². The molecule has 1 saturated heterocycles. The smallest absolute Gasteiger partial charge is 0.0638 e. The molecule has 0 aromatic heterocycles. The van der Waals surface area contributed by atoms with Crippen molar-refractivity contribution in [1.82, 2.24) is 0 Å². The van der Waals surface area contributed by atoms with E-state index >= 15 is 0 Å². The van der Waals surface area contributed by atoms with Gasteiger partial charge in [-0.05, 0) is 25.7 Å². The molecule has 1 saturated carbocycles. The van der Waals surface area contributed by atoms with Gasteiger partial charge in [0.2, 0.25) is 0 Å². The fraction of sp³-hybridized carbons (Fsp3) is 0.909. The number of rotatable bonds is 1. The lowest BCUT2D eigenvalue weighted by Gasteiger charge is -2.19. The second kappa shape index (κ2) is 4.27. The predicted molar refractivity (Wildman–Crippen MR) is 49.9 cm³/mol. The molecular formula is C11H19O. The SMILES string of the molecule is C1CCC[C](C2CCCO2)CC1. The van der Waals surface area contributed by atoms with Crippen molar-refractivity contribution < 1.29 is 4.74 Å². The van der Waals surface area contributed by atoms with Crippen LogP contribution < -0.4 is 0 Å². The van der Waals surface area contributed by atoms with Crippen LogP contribution in [-0.4, -0.2) is 12.7 Å². The summed E-state index contributed by atoms with van der Waals surface area (Å²) in [6.07, 6.45) is 11.6. The van der Waals surface area contributed by atoms with E-state index in [4.69, 9.17) is 4.74 Å². The lowest BCUT2D eigenvalue weighted by Crippen LogP contribution is -2.16. The maximum absolute atomic E-state index is 5.71. The molecular weight excluding hydrogens is 148 g/mol. The van der Waals surface area contributed by atoms with Crippen molar-refractivity contribution in [3.05, 3.63) is 5.92 Å². The summed E-state index contributed by atoms with van der Waals surface area (Å²) in [6, 6.07) is 0. The Bertz CT molecular complexity index is 119. The molecule has 69 valence electrons. The highest BCUT2D eigenvalue weighted by Crippen LogP contribution is 2.33. The lowest BCUT2D eigenvalue weighted by atomic mass is 9.92. The molecule has 0 aromatic carbocycles. The first-order valence-electron chi connectivity index (χ1n) is 5.43. The van der Waals surface area contributed by atoms with Crippen LogP contribution in [0.5, 0.6) is 0 Å². The van der Waals surface area contributed by atoms with Gasteiger partial charge in [-0.3, -0.25) is 0 Å². The van der Waals surface area contributed by atoms with Crippen molar-refractivity contribution >= 4 is 0 Å². The predicted octanol–water partition coefficient (Wildman–Crippen LogP) is 3.09. The van der Waals surface area contributed by atoms with Crippen LogP contribution in [0, 0.1) is 5.92 Å². The van der Waals surface area contributed by atoms with E-state index in [0.717, 1.165) is 6.61 Å². The summed E-state index contributed by atoms with van der Waals surface area (Å²) in [5.74, 6) is 1.73. The summed E-state index contributed by atoms with van der Waals surface area (Å²) in [4.78, 5) is 0. The van der Waals surface area contributed by atoms with Crippen molar-refractivity contribution in [2.45, 2.75) is 57.5 Å². The van der Waals surface area contributed by atoms with Crippen LogP contribution in [0.4, 0.5) is 0 Å². The van der Waals surface area contributed by atoms with Crippen molar-refractivity contribution in [2.24, 2.45) is 0 Å². The van der Waals surface area contributed by atoms with Crippen LogP contribution >= 0.6 is 0 Å². The summed E-state index contributed by atoms with van der Waals surface area (Å²) in [5, 5.41) is 0. The zero-order valence-corrected chi connectivity index (χ0v) is 7.85. The second-order valence-electron chi connectivity index (χ2n) is 4.07. The minimum Gasteiger partial charge on any atom is -0.378 e. The average Bonchev–Trinajstić information content (AvgIpc) is 2.48. The van der Waals surface area contributed by atoms with Crippen molar-refractivity contribution in [2.75, 3.05) is 6.61 Å². The Morgan fingerprint density at radius 2 is 1.67 bits per heavy atom. The van der Waals surface area contributed by atoms with E-state index in [9.17, 15) is 0 Å². The van der Waals surface area contributed by atoms with Gasteiger partial charge in [0.25, 0.3) is 0 Å². The zero-order chi connectivity index (χ0) is 8.23. The molecule has 1 radical (unpaired) electrons. The van der Waals surface area contributed by atoms with Gasteiger partial charge >= 0.3 is 0 Å². The van der Waals surface area contributed by atoms with Crippen LogP contribution in [0.1, 0.15) is 51.4 Å². The minimum absolute atomic E-state index is 0.558. The van der Waals surface area contributed by atoms with Gasteiger partial charge in [0.05, 0.1) is 6.10 Å². The quantitative estimate of drug-likeness (QED) is 0.545. The third kappa shape index (κ3) is 2.01. The summed E-state index contributed by atoms with van der Waals surface area (Å²) < 4.78 is 5.71. The van der Waals surface area contributed by atoms with E-state index in [1.54, 1.807) is 5.92 Å². The highest BCUT2D eigenvalue weighted by atomic mass is 16.5. The van der Waals surface area contributed by atoms with Crippen molar-refractivity contribution in [1.29, 1.82) is 0 Å². The third-order valence-corrected chi connectivity index (χ3v) is 3.13. The Morgan fingerprint density at radius 3 is 2.25 bits per heavy atom. The molecule has 1 aliphatic heterocycles. The summed E-state index contributed by atoms with van der Waals surface area (Å²) >= 11 is 0. The lowest BCUT2D eigenvalue weighted by molar-refractivity contribution is 0.113. The maximum Gasteiger partial charge on any atom is 0.0638 e. The van der Waals surface area contributed by atoms with Gasteiger partial charge in [-0.25, -0.2) is 0 Å². The van der Waals surface area contributed by atoms with Gasteiger partial charge in [-0.2, -0.15) is 0 Å². The maximum atomic E-state index is 5.71. The standard InChI is InChI=1S/C11H19O/c1-2-4-7-10(6-3-1)11-8-5-9-12-11/h11H,1-9H2. The zero-order valence-electron chi connectivity index (χ0n) is 7.85. The Kier molecular flexibility index (Phi) is 3.04. The number of hydrogen-bond donors (Lipinski definition) is 0. The molecule has 1 unspecified atom stereocenters. The van der Waals surface area contributed by atoms with E-state index < -0.39 is 0 Å². The molecule has 1 heteroatoms. The Labute approximate surface area is 75.5 Å². The van der Waals surface area contributed by atoms with Crippen LogP contribution in [-0.2, 0) is 4.74 Å². The van der Waals surface area contributed by atoms with E-state index in [0.29, 0.717) is 6.10 Å². The van der Waals surface area contributed by atoms with Crippen LogP contribution in [0.3, 0.4) is 0 Å². The highest BCUT2D eigenvalue weighted by Gasteiger charge is 2.26. The highest BCUT2D eigenvalue weighted by molar-refractivity contribution is 5.00. The van der Waals surface area contributed by atoms with E-state index in [1.807, 2.05) is 0 Å². The molecule has 1 heterocycles. The first-order valence-corrected chi connectivity index (χ1v) is 5.43. The molecule has 2 rings (SSSR count). The Balaban J connectivity index is 1.83. The minimum atomic E-state index is 0.558. The molecule has 0 N–H and O–H groups in total. The normalized spacial score (nSPS) is 33.5. The summed E-state index contributed by atoms with van der Waals surface area (Å²) in [5.41, 5.74) is 0. The largest absolute Gasteiger partial charge is 0.378 e. The fourth-order valence-electron chi connectivity index (χ4n) is 2.40. The molecule has 2 aliphatic rings. The first-order chi connectivity index (χ1) is 5.97. The molecule has 1 atom stereocenters.